The SMILES string of the molecule is CC(C)NCCOCCCOCC(=O)C(C)C. The van der Waals surface area contributed by atoms with Gasteiger partial charge in [0, 0.05) is 31.7 Å². The highest BCUT2D eigenvalue weighted by atomic mass is 16.5. The van der Waals surface area contributed by atoms with E-state index in [9.17, 15) is 4.79 Å². The number of rotatable bonds is 11. The summed E-state index contributed by atoms with van der Waals surface area (Å²) in [6.45, 7) is 11.1. The zero-order chi connectivity index (χ0) is 13.1. The molecular formula is C13H27NO3. The van der Waals surface area contributed by atoms with Crippen LogP contribution in [0.15, 0.2) is 0 Å². The number of carbonyl (C=O) groups excluding carboxylic acids is 1. The van der Waals surface area contributed by atoms with Crippen molar-refractivity contribution in [2.75, 3.05) is 33.0 Å². The third-order valence-corrected chi connectivity index (χ3v) is 2.26. The number of carbonyl (C=O) groups is 1. The summed E-state index contributed by atoms with van der Waals surface area (Å²) in [5, 5.41) is 3.27. The summed E-state index contributed by atoms with van der Waals surface area (Å²) in [7, 11) is 0. The summed E-state index contributed by atoms with van der Waals surface area (Å²) in [4.78, 5) is 11.2. The number of ether oxygens (including phenoxy) is 2. The van der Waals surface area contributed by atoms with Gasteiger partial charge in [-0.2, -0.15) is 0 Å². The van der Waals surface area contributed by atoms with Crippen molar-refractivity contribution < 1.29 is 14.3 Å². The lowest BCUT2D eigenvalue weighted by Crippen LogP contribution is -2.26. The Balaban J connectivity index is 3.11. The summed E-state index contributed by atoms with van der Waals surface area (Å²) >= 11 is 0. The molecule has 0 amide bonds. The minimum absolute atomic E-state index is 0.0633. The molecule has 4 nitrogen and oxygen atoms in total. The first-order valence-electron chi connectivity index (χ1n) is 6.45. The Morgan fingerprint density at radius 2 is 1.71 bits per heavy atom. The van der Waals surface area contributed by atoms with E-state index in [4.69, 9.17) is 9.47 Å². The highest BCUT2D eigenvalue weighted by Gasteiger charge is 2.06. The van der Waals surface area contributed by atoms with Crippen LogP contribution in [-0.4, -0.2) is 44.8 Å². The van der Waals surface area contributed by atoms with Crippen LogP contribution in [0.3, 0.4) is 0 Å². The molecule has 0 radical (unpaired) electrons. The monoisotopic (exact) mass is 245 g/mol. The van der Waals surface area contributed by atoms with Crippen LogP contribution in [0.1, 0.15) is 34.1 Å². The first kappa shape index (κ1) is 16.6. The van der Waals surface area contributed by atoms with Gasteiger partial charge in [-0.1, -0.05) is 27.7 Å². The Morgan fingerprint density at radius 3 is 2.29 bits per heavy atom. The summed E-state index contributed by atoms with van der Waals surface area (Å²) in [6, 6.07) is 0.504. The largest absolute Gasteiger partial charge is 0.380 e. The van der Waals surface area contributed by atoms with Crippen LogP contribution in [0, 0.1) is 5.92 Å². The van der Waals surface area contributed by atoms with Crippen LogP contribution in [0.2, 0.25) is 0 Å². The van der Waals surface area contributed by atoms with Gasteiger partial charge in [-0.15, -0.1) is 0 Å². The number of hydrogen-bond donors (Lipinski definition) is 1. The van der Waals surface area contributed by atoms with Gasteiger partial charge < -0.3 is 14.8 Å². The van der Waals surface area contributed by atoms with Crippen molar-refractivity contribution in [1.82, 2.24) is 5.32 Å². The van der Waals surface area contributed by atoms with E-state index in [0.29, 0.717) is 19.3 Å². The van der Waals surface area contributed by atoms with Crippen LogP contribution >= 0.6 is 0 Å². The van der Waals surface area contributed by atoms with Crippen molar-refractivity contribution in [2.24, 2.45) is 5.92 Å². The van der Waals surface area contributed by atoms with Gasteiger partial charge in [0.05, 0.1) is 6.61 Å². The third-order valence-electron chi connectivity index (χ3n) is 2.26. The first-order chi connectivity index (χ1) is 8.04. The van der Waals surface area contributed by atoms with Crippen molar-refractivity contribution >= 4 is 5.78 Å². The lowest BCUT2D eigenvalue weighted by molar-refractivity contribution is -0.126. The summed E-state index contributed by atoms with van der Waals surface area (Å²) < 4.78 is 10.7. The molecule has 0 saturated carbocycles. The average Bonchev–Trinajstić information content (AvgIpc) is 2.25. The Bertz CT molecular complexity index is 193. The summed E-state index contributed by atoms with van der Waals surface area (Å²) in [5.74, 6) is 0.223. The van der Waals surface area contributed by atoms with Crippen molar-refractivity contribution in [3.8, 4) is 0 Å². The van der Waals surface area contributed by atoms with Crippen molar-refractivity contribution in [3.63, 3.8) is 0 Å². The van der Waals surface area contributed by atoms with E-state index in [1.54, 1.807) is 0 Å². The molecule has 0 heterocycles. The fraction of sp³-hybridized carbons (Fsp3) is 0.923. The minimum atomic E-state index is 0.0633. The molecule has 17 heavy (non-hydrogen) atoms. The van der Waals surface area contributed by atoms with E-state index in [0.717, 1.165) is 19.6 Å². The number of nitrogens with one attached hydrogen (secondary N) is 1. The zero-order valence-electron chi connectivity index (χ0n) is 11.6. The quantitative estimate of drug-likeness (QED) is 0.562. The van der Waals surface area contributed by atoms with Crippen LogP contribution in [0.4, 0.5) is 0 Å². The Kier molecular flexibility index (Phi) is 10.4. The maximum Gasteiger partial charge on any atom is 0.160 e. The molecule has 0 fully saturated rings. The lowest BCUT2D eigenvalue weighted by atomic mass is 10.1. The van der Waals surface area contributed by atoms with Crippen molar-refractivity contribution in [3.05, 3.63) is 0 Å². The van der Waals surface area contributed by atoms with Crippen LogP contribution < -0.4 is 5.32 Å². The number of ketones is 1. The molecule has 0 unspecified atom stereocenters. The molecule has 0 aliphatic carbocycles. The molecule has 4 heteroatoms. The van der Waals surface area contributed by atoms with Crippen molar-refractivity contribution in [2.45, 2.75) is 40.2 Å². The van der Waals surface area contributed by atoms with Crippen LogP contribution in [-0.2, 0) is 14.3 Å². The molecule has 0 spiro atoms. The fourth-order valence-electron chi connectivity index (χ4n) is 1.12. The van der Waals surface area contributed by atoms with E-state index in [2.05, 4.69) is 19.2 Å². The third kappa shape index (κ3) is 11.8. The Labute approximate surface area is 105 Å². The average molecular weight is 245 g/mol. The van der Waals surface area contributed by atoms with E-state index in [1.807, 2.05) is 13.8 Å². The number of hydrogen-bond acceptors (Lipinski definition) is 4. The van der Waals surface area contributed by atoms with Gasteiger partial charge in [0.1, 0.15) is 6.61 Å². The molecule has 0 aromatic carbocycles. The molecule has 1 N–H and O–H groups in total. The second kappa shape index (κ2) is 10.7. The minimum Gasteiger partial charge on any atom is -0.380 e. The number of Topliss-reactive ketones (excluding diaryl/α,β-unsaturated/α-hetero) is 1. The first-order valence-corrected chi connectivity index (χ1v) is 6.45. The lowest BCUT2D eigenvalue weighted by Gasteiger charge is -2.09. The van der Waals surface area contributed by atoms with Crippen LogP contribution in [0.25, 0.3) is 0 Å². The highest BCUT2D eigenvalue weighted by molar-refractivity contribution is 5.81. The molecule has 0 atom stereocenters. The maximum absolute atomic E-state index is 11.2. The van der Waals surface area contributed by atoms with Gasteiger partial charge in [-0.05, 0) is 6.42 Å². The summed E-state index contributed by atoms with van der Waals surface area (Å²) in [6.07, 6.45) is 0.840. The van der Waals surface area contributed by atoms with Gasteiger partial charge in [0.15, 0.2) is 5.78 Å². The molecule has 0 aromatic heterocycles. The molecule has 0 bridgehead atoms. The van der Waals surface area contributed by atoms with E-state index >= 15 is 0 Å². The van der Waals surface area contributed by atoms with Gasteiger partial charge in [-0.3, -0.25) is 4.79 Å². The Hall–Kier alpha value is -0.450. The van der Waals surface area contributed by atoms with Gasteiger partial charge >= 0.3 is 0 Å². The van der Waals surface area contributed by atoms with E-state index < -0.39 is 0 Å². The topological polar surface area (TPSA) is 47.6 Å². The van der Waals surface area contributed by atoms with Gasteiger partial charge in [0.25, 0.3) is 0 Å². The smallest absolute Gasteiger partial charge is 0.160 e. The summed E-state index contributed by atoms with van der Waals surface area (Å²) in [5.41, 5.74) is 0. The predicted molar refractivity (Wildman–Crippen MR) is 69.2 cm³/mol. The van der Waals surface area contributed by atoms with E-state index in [-0.39, 0.29) is 18.3 Å². The maximum atomic E-state index is 11.2. The van der Waals surface area contributed by atoms with E-state index in [1.165, 1.54) is 0 Å². The molecule has 0 aliphatic rings. The Morgan fingerprint density at radius 1 is 1.06 bits per heavy atom. The molecule has 0 rings (SSSR count). The highest BCUT2D eigenvalue weighted by Crippen LogP contribution is 1.95. The van der Waals surface area contributed by atoms with Crippen molar-refractivity contribution in [1.29, 1.82) is 0 Å². The molecule has 0 aliphatic heterocycles. The second-order valence-electron chi connectivity index (χ2n) is 4.75. The normalized spacial score (nSPS) is 11.4. The molecule has 102 valence electrons. The molecule has 0 aromatic rings. The predicted octanol–water partition coefficient (Wildman–Crippen LogP) is 1.63. The second-order valence-corrected chi connectivity index (χ2v) is 4.75. The van der Waals surface area contributed by atoms with Gasteiger partial charge in [0.2, 0.25) is 0 Å². The molecular weight excluding hydrogens is 218 g/mol. The van der Waals surface area contributed by atoms with Crippen LogP contribution in [0.5, 0.6) is 0 Å². The standard InChI is InChI=1S/C13H27NO3/c1-11(2)13(15)10-17-8-5-7-16-9-6-14-12(3)4/h11-12,14H,5-10H2,1-4H3. The zero-order valence-corrected chi connectivity index (χ0v) is 11.6. The van der Waals surface area contributed by atoms with Gasteiger partial charge in [-0.25, -0.2) is 0 Å². The molecule has 0 saturated heterocycles. The fourth-order valence-corrected chi connectivity index (χ4v) is 1.12.